The predicted octanol–water partition coefficient (Wildman–Crippen LogP) is 5.49. The third kappa shape index (κ3) is 6.93. The van der Waals surface area contributed by atoms with E-state index in [1.807, 2.05) is 37.3 Å². The molecule has 4 heterocycles. The Morgan fingerprint density at radius 3 is 2.50 bits per heavy atom. The third-order valence-corrected chi connectivity index (χ3v) is 7.07. The number of nitrogens with one attached hydrogen (secondary N) is 1. The van der Waals surface area contributed by atoms with E-state index in [-0.39, 0.29) is 12.5 Å². The second-order valence-corrected chi connectivity index (χ2v) is 9.94. The van der Waals surface area contributed by atoms with Gasteiger partial charge in [-0.05, 0) is 73.0 Å². The monoisotopic (exact) mass is 577 g/mol. The second kappa shape index (κ2) is 12.4. The zero-order valence-corrected chi connectivity index (χ0v) is 23.0. The van der Waals surface area contributed by atoms with Crippen molar-refractivity contribution in [1.82, 2.24) is 29.4 Å². The number of amides is 2. The number of aromatic nitrogens is 4. The van der Waals surface area contributed by atoms with Crippen LogP contribution in [-0.4, -0.2) is 67.0 Å². The van der Waals surface area contributed by atoms with Crippen LogP contribution in [0.1, 0.15) is 47.7 Å². The van der Waals surface area contributed by atoms with Gasteiger partial charge in [0.25, 0.3) is 5.91 Å². The molecule has 4 aromatic rings. The Balaban J connectivity index is 1.25. The van der Waals surface area contributed by atoms with Crippen LogP contribution in [0.4, 0.5) is 24.8 Å². The summed E-state index contributed by atoms with van der Waals surface area (Å²) < 4.78 is 39.1. The van der Waals surface area contributed by atoms with Crippen LogP contribution in [0.3, 0.4) is 0 Å². The number of nitrogens with zero attached hydrogens (tertiary/aromatic N) is 6. The molecule has 1 N–H and O–H groups in total. The number of hydrogen-bond acceptors (Lipinski definition) is 6. The average Bonchev–Trinajstić information content (AvgIpc) is 3.41. The van der Waals surface area contributed by atoms with Gasteiger partial charge >= 0.3 is 6.18 Å². The van der Waals surface area contributed by atoms with Crippen molar-refractivity contribution < 1.29 is 22.8 Å². The first-order valence-corrected chi connectivity index (χ1v) is 13.6. The molecule has 0 saturated heterocycles. The maximum absolute atomic E-state index is 13.1. The molecule has 1 aromatic carbocycles. The highest BCUT2D eigenvalue weighted by atomic mass is 19.4. The fraction of sp³-hybridized carbons (Fsp3) is 0.300. The van der Waals surface area contributed by atoms with E-state index >= 15 is 0 Å². The van der Waals surface area contributed by atoms with Crippen molar-refractivity contribution in [3.63, 3.8) is 0 Å². The molecule has 5 rings (SSSR count). The first kappa shape index (κ1) is 28.8. The summed E-state index contributed by atoms with van der Waals surface area (Å²) in [5.41, 5.74) is 4.70. The Morgan fingerprint density at radius 2 is 1.83 bits per heavy atom. The lowest BCUT2D eigenvalue weighted by Crippen LogP contribution is -2.35. The summed E-state index contributed by atoms with van der Waals surface area (Å²) in [5.74, 6) is -0.203. The molecular weight excluding hydrogens is 547 g/mol. The molecule has 0 unspecified atom stereocenters. The van der Waals surface area contributed by atoms with Gasteiger partial charge in [-0.3, -0.25) is 14.6 Å². The number of fused-ring (bicyclic) bond motifs is 1. The van der Waals surface area contributed by atoms with E-state index in [2.05, 4.69) is 20.4 Å². The maximum Gasteiger partial charge on any atom is 0.389 e. The average molecular weight is 578 g/mol. The molecule has 1 aliphatic rings. The number of hydrogen-bond donors (Lipinski definition) is 1. The van der Waals surface area contributed by atoms with E-state index in [0.717, 1.165) is 16.7 Å². The molecule has 0 bridgehead atoms. The van der Waals surface area contributed by atoms with Crippen molar-refractivity contribution in [3.05, 3.63) is 89.9 Å². The minimum absolute atomic E-state index is 0.0715. The molecule has 218 valence electrons. The topological polar surface area (TPSA) is 95.7 Å². The van der Waals surface area contributed by atoms with Gasteiger partial charge < -0.3 is 15.1 Å². The summed E-state index contributed by atoms with van der Waals surface area (Å²) in [6, 6.07) is 14.6. The molecule has 9 nitrogen and oxygen atoms in total. The number of pyridine rings is 2. The minimum atomic E-state index is -4.35. The second-order valence-electron chi connectivity index (χ2n) is 9.94. The third-order valence-electron chi connectivity index (χ3n) is 7.07. The van der Waals surface area contributed by atoms with Crippen molar-refractivity contribution in [2.24, 2.45) is 0 Å². The molecule has 2 amide bonds. The van der Waals surface area contributed by atoms with Crippen LogP contribution in [0.2, 0.25) is 0 Å². The van der Waals surface area contributed by atoms with Gasteiger partial charge in [0.1, 0.15) is 0 Å². The molecular formula is C30H30F3N7O2. The Hall–Kier alpha value is -4.74. The molecule has 42 heavy (non-hydrogen) atoms. The summed E-state index contributed by atoms with van der Waals surface area (Å²) >= 11 is 0. The lowest BCUT2D eigenvalue weighted by molar-refractivity contribution is -0.148. The van der Waals surface area contributed by atoms with E-state index in [0.29, 0.717) is 48.9 Å². The summed E-state index contributed by atoms with van der Waals surface area (Å²) in [7, 11) is 0. The highest BCUT2D eigenvalue weighted by Gasteiger charge is 2.29. The van der Waals surface area contributed by atoms with E-state index in [1.165, 1.54) is 4.90 Å². The van der Waals surface area contributed by atoms with Crippen LogP contribution < -0.4 is 5.32 Å². The quantitative estimate of drug-likeness (QED) is 0.283. The number of carbonyl (C=O) groups is 2. The zero-order valence-electron chi connectivity index (χ0n) is 23.0. The fourth-order valence-electron chi connectivity index (χ4n) is 4.80. The van der Waals surface area contributed by atoms with Crippen LogP contribution in [0.15, 0.2) is 73.2 Å². The number of anilines is 2. The normalized spacial score (nSPS) is 13.6. The van der Waals surface area contributed by atoms with Crippen molar-refractivity contribution >= 4 is 34.7 Å². The summed E-state index contributed by atoms with van der Waals surface area (Å²) in [6.45, 7) is 3.59. The van der Waals surface area contributed by atoms with Gasteiger partial charge in [0.15, 0.2) is 5.65 Å². The van der Waals surface area contributed by atoms with Crippen LogP contribution in [0.25, 0.3) is 11.2 Å². The molecule has 0 aliphatic carbocycles. The Labute approximate surface area is 240 Å². The van der Waals surface area contributed by atoms with Crippen LogP contribution in [-0.2, 0) is 11.3 Å². The maximum atomic E-state index is 13.1. The Kier molecular flexibility index (Phi) is 8.51. The molecule has 3 aromatic heterocycles. The van der Waals surface area contributed by atoms with Gasteiger partial charge in [-0.15, -0.1) is 5.10 Å². The van der Waals surface area contributed by atoms with E-state index < -0.39 is 24.9 Å². The van der Waals surface area contributed by atoms with E-state index in [1.54, 1.807) is 52.3 Å². The lowest BCUT2D eigenvalue weighted by atomic mass is 10.00. The predicted molar refractivity (Wildman–Crippen MR) is 152 cm³/mol. The molecule has 1 aliphatic heterocycles. The molecule has 0 radical (unpaired) electrons. The molecule has 0 saturated carbocycles. The van der Waals surface area contributed by atoms with Crippen molar-refractivity contribution in [2.45, 2.75) is 38.9 Å². The van der Waals surface area contributed by atoms with E-state index in [9.17, 15) is 22.8 Å². The van der Waals surface area contributed by atoms with Gasteiger partial charge in [-0.1, -0.05) is 6.08 Å². The van der Waals surface area contributed by atoms with Crippen LogP contribution in [0.5, 0.6) is 0 Å². The first-order valence-electron chi connectivity index (χ1n) is 13.6. The number of carbonyl (C=O) groups excluding carboxylic acids is 2. The highest BCUT2D eigenvalue weighted by molar-refractivity contribution is 5.94. The minimum Gasteiger partial charge on any atom is -0.339 e. The van der Waals surface area contributed by atoms with Crippen molar-refractivity contribution in [2.75, 3.05) is 25.0 Å². The van der Waals surface area contributed by atoms with Gasteiger partial charge in [0, 0.05) is 68.0 Å². The van der Waals surface area contributed by atoms with Gasteiger partial charge in [-0.2, -0.15) is 18.2 Å². The van der Waals surface area contributed by atoms with Gasteiger partial charge in [0.2, 0.25) is 11.9 Å². The van der Waals surface area contributed by atoms with Crippen LogP contribution in [0, 0.1) is 0 Å². The zero-order chi connectivity index (χ0) is 29.7. The highest BCUT2D eigenvalue weighted by Crippen LogP contribution is 2.28. The Morgan fingerprint density at radius 1 is 1.07 bits per heavy atom. The first-order chi connectivity index (χ1) is 20.2. The SMILES string of the molecule is CCN(Cc1ccncc1)C(=O)c1ccc(Nc2nc3c(C4=CCN(C(=O)CCC(F)(F)F)CC4)cccn3n2)cc1. The molecule has 12 heteroatoms. The summed E-state index contributed by atoms with van der Waals surface area (Å²) in [5, 5.41) is 7.70. The number of halogens is 3. The number of benzene rings is 1. The standard InChI is InChI=1S/C30H30F3N7O2/c1-2-38(20-21-10-15-34-16-11-21)28(42)23-5-7-24(8-6-23)35-29-36-27-25(4-3-17-40(27)37-29)22-12-18-39(19-13-22)26(41)9-14-30(31,32)33/h3-8,10-12,15-17H,2,9,13-14,18-20H2,1H3,(H,35,37). The fourth-order valence-corrected chi connectivity index (χ4v) is 4.80. The van der Waals surface area contributed by atoms with Crippen molar-refractivity contribution in [1.29, 1.82) is 0 Å². The summed E-state index contributed by atoms with van der Waals surface area (Å²) in [6.07, 6.45) is 1.54. The Bertz CT molecular complexity index is 1580. The number of alkyl halides is 3. The molecule has 0 atom stereocenters. The smallest absolute Gasteiger partial charge is 0.339 e. The molecule has 0 fully saturated rings. The largest absolute Gasteiger partial charge is 0.389 e. The van der Waals surface area contributed by atoms with Crippen LogP contribution >= 0.6 is 0 Å². The lowest BCUT2D eigenvalue weighted by Gasteiger charge is -2.27. The van der Waals surface area contributed by atoms with E-state index in [4.69, 9.17) is 0 Å². The summed E-state index contributed by atoms with van der Waals surface area (Å²) in [4.78, 5) is 37.2. The van der Waals surface area contributed by atoms with Gasteiger partial charge in [-0.25, -0.2) is 4.52 Å². The number of rotatable bonds is 9. The van der Waals surface area contributed by atoms with Gasteiger partial charge in [0.05, 0.1) is 6.42 Å². The molecule has 0 spiro atoms. The van der Waals surface area contributed by atoms with Crippen molar-refractivity contribution in [3.8, 4) is 0 Å².